The zero-order chi connectivity index (χ0) is 9.64. The van der Waals surface area contributed by atoms with Gasteiger partial charge in [-0.15, -0.1) is 0 Å². The van der Waals surface area contributed by atoms with E-state index < -0.39 is 0 Å². The fourth-order valence-electron chi connectivity index (χ4n) is 1.41. The maximum Gasteiger partial charge on any atom is 0.0945 e. The summed E-state index contributed by atoms with van der Waals surface area (Å²) in [7, 11) is 0. The third kappa shape index (κ3) is 2.42. The molecule has 0 saturated heterocycles. The van der Waals surface area contributed by atoms with Gasteiger partial charge >= 0.3 is 0 Å². The molecule has 72 valence electrons. The van der Waals surface area contributed by atoms with Gasteiger partial charge in [-0.2, -0.15) is 0 Å². The molecule has 0 radical (unpaired) electrons. The Hall–Kier alpha value is -1.64. The minimum atomic E-state index is 1.01. The third-order valence-corrected chi connectivity index (χ3v) is 2.13. The molecule has 0 aliphatic carbocycles. The first kappa shape index (κ1) is 8.94. The summed E-state index contributed by atoms with van der Waals surface area (Å²) >= 11 is 0. The Morgan fingerprint density at radius 1 is 1.21 bits per heavy atom. The van der Waals surface area contributed by atoms with E-state index in [0.29, 0.717) is 0 Å². The molecular weight excluding hydrogens is 174 g/mol. The predicted molar refractivity (Wildman–Crippen MR) is 54.8 cm³/mol. The fourth-order valence-corrected chi connectivity index (χ4v) is 1.41. The van der Waals surface area contributed by atoms with E-state index in [1.165, 1.54) is 0 Å². The average molecular weight is 187 g/mol. The number of hydrogen-bond donors (Lipinski definition) is 0. The van der Waals surface area contributed by atoms with E-state index in [9.17, 15) is 0 Å². The zero-order valence-electron chi connectivity index (χ0n) is 8.00. The summed E-state index contributed by atoms with van der Waals surface area (Å²) in [6.45, 7) is 1.01. The maximum absolute atomic E-state index is 4.27. The highest BCUT2D eigenvalue weighted by Crippen LogP contribution is 2.00. The number of hydrogen-bond acceptors (Lipinski definition) is 2. The van der Waals surface area contributed by atoms with Crippen LogP contribution in [-0.4, -0.2) is 14.5 Å². The van der Waals surface area contributed by atoms with Gasteiger partial charge in [-0.3, -0.25) is 4.98 Å². The molecule has 0 atom stereocenters. The molecule has 0 spiro atoms. The Morgan fingerprint density at radius 3 is 2.93 bits per heavy atom. The smallest absolute Gasteiger partial charge is 0.0945 e. The van der Waals surface area contributed by atoms with Gasteiger partial charge in [0.2, 0.25) is 0 Å². The van der Waals surface area contributed by atoms with Gasteiger partial charge in [0.15, 0.2) is 0 Å². The van der Waals surface area contributed by atoms with Crippen molar-refractivity contribution < 1.29 is 0 Å². The van der Waals surface area contributed by atoms with Crippen molar-refractivity contribution in [2.24, 2.45) is 0 Å². The quantitative estimate of drug-likeness (QED) is 0.732. The summed E-state index contributed by atoms with van der Waals surface area (Å²) in [6, 6.07) is 6.03. The van der Waals surface area contributed by atoms with Crippen LogP contribution in [0.2, 0.25) is 0 Å². The Balaban J connectivity index is 1.79. The first-order valence-electron chi connectivity index (χ1n) is 4.81. The molecule has 0 aliphatic rings. The summed E-state index contributed by atoms with van der Waals surface area (Å²) in [4.78, 5) is 8.27. The summed E-state index contributed by atoms with van der Waals surface area (Å²) in [5, 5.41) is 0. The van der Waals surface area contributed by atoms with Gasteiger partial charge < -0.3 is 4.57 Å². The highest BCUT2D eigenvalue weighted by atomic mass is 15.0. The van der Waals surface area contributed by atoms with Crippen LogP contribution < -0.4 is 0 Å². The van der Waals surface area contributed by atoms with E-state index in [2.05, 4.69) is 20.6 Å². The number of nitrogens with zero attached hydrogens (tertiary/aromatic N) is 3. The topological polar surface area (TPSA) is 30.7 Å². The molecule has 14 heavy (non-hydrogen) atoms. The Labute approximate surface area is 83.4 Å². The average Bonchev–Trinajstić information content (AvgIpc) is 2.72. The van der Waals surface area contributed by atoms with E-state index >= 15 is 0 Å². The fraction of sp³-hybridized carbons (Fsp3) is 0.273. The monoisotopic (exact) mass is 187 g/mol. The van der Waals surface area contributed by atoms with Gasteiger partial charge in [0.25, 0.3) is 0 Å². The van der Waals surface area contributed by atoms with Crippen LogP contribution in [0.5, 0.6) is 0 Å². The van der Waals surface area contributed by atoms with Crippen LogP contribution in [0, 0.1) is 0 Å². The molecule has 0 saturated carbocycles. The lowest BCUT2D eigenvalue weighted by molar-refractivity contribution is 0.636. The first-order chi connectivity index (χ1) is 6.95. The number of aromatic nitrogens is 3. The summed E-state index contributed by atoms with van der Waals surface area (Å²) in [5.41, 5.74) is 1.16. The van der Waals surface area contributed by atoms with Crippen LogP contribution in [-0.2, 0) is 13.0 Å². The molecular formula is C11H13N3. The van der Waals surface area contributed by atoms with E-state index in [1.54, 1.807) is 6.20 Å². The number of pyridine rings is 1. The van der Waals surface area contributed by atoms with Crippen LogP contribution in [0.3, 0.4) is 0 Å². The molecule has 0 aromatic carbocycles. The lowest BCUT2D eigenvalue weighted by Crippen LogP contribution is -1.97. The van der Waals surface area contributed by atoms with Gasteiger partial charge in [0, 0.05) is 30.8 Å². The van der Waals surface area contributed by atoms with E-state index in [4.69, 9.17) is 0 Å². The predicted octanol–water partition coefficient (Wildman–Crippen LogP) is 1.91. The van der Waals surface area contributed by atoms with Crippen molar-refractivity contribution in [1.82, 2.24) is 14.5 Å². The molecule has 2 rings (SSSR count). The standard InChI is InChI=1S/C11H13N3/c1-2-6-13-11(4-1)5-3-8-14-9-7-12-10-14/h1-2,4,6-7,9-10H,3,5,8H2. The lowest BCUT2D eigenvalue weighted by Gasteiger charge is -2.01. The van der Waals surface area contributed by atoms with Gasteiger partial charge in [-0.05, 0) is 25.0 Å². The summed E-state index contributed by atoms with van der Waals surface area (Å²) < 4.78 is 2.09. The lowest BCUT2D eigenvalue weighted by atomic mass is 10.2. The molecule has 0 bridgehead atoms. The Kier molecular flexibility index (Phi) is 2.91. The van der Waals surface area contributed by atoms with E-state index in [-0.39, 0.29) is 0 Å². The van der Waals surface area contributed by atoms with Crippen LogP contribution in [0.15, 0.2) is 43.1 Å². The molecule has 0 N–H and O–H groups in total. The Bertz CT molecular complexity index is 353. The van der Waals surface area contributed by atoms with Crippen LogP contribution in [0.25, 0.3) is 0 Å². The van der Waals surface area contributed by atoms with Gasteiger partial charge in [0.1, 0.15) is 0 Å². The van der Waals surface area contributed by atoms with Gasteiger partial charge in [-0.25, -0.2) is 4.98 Å². The van der Waals surface area contributed by atoms with Crippen molar-refractivity contribution in [2.45, 2.75) is 19.4 Å². The highest BCUT2D eigenvalue weighted by molar-refractivity contribution is 5.03. The molecule has 0 aliphatic heterocycles. The SMILES string of the molecule is c1ccc(CCCn2ccnc2)nc1. The second-order valence-electron chi connectivity index (χ2n) is 3.23. The summed E-state index contributed by atoms with van der Waals surface area (Å²) in [6.07, 6.45) is 9.61. The van der Waals surface area contributed by atoms with Crippen LogP contribution >= 0.6 is 0 Å². The number of rotatable bonds is 4. The van der Waals surface area contributed by atoms with Crippen LogP contribution in [0.1, 0.15) is 12.1 Å². The van der Waals surface area contributed by atoms with E-state index in [0.717, 1.165) is 25.1 Å². The molecule has 0 amide bonds. The third-order valence-electron chi connectivity index (χ3n) is 2.13. The van der Waals surface area contributed by atoms with Gasteiger partial charge in [-0.1, -0.05) is 6.07 Å². The second-order valence-corrected chi connectivity index (χ2v) is 3.23. The molecule has 3 nitrogen and oxygen atoms in total. The minimum Gasteiger partial charge on any atom is -0.337 e. The highest BCUT2D eigenvalue weighted by Gasteiger charge is 1.93. The molecule has 2 aromatic rings. The summed E-state index contributed by atoms with van der Waals surface area (Å²) in [5.74, 6) is 0. The molecule has 0 fully saturated rings. The minimum absolute atomic E-state index is 1.01. The second kappa shape index (κ2) is 4.56. The molecule has 2 heterocycles. The van der Waals surface area contributed by atoms with Crippen molar-refractivity contribution in [3.63, 3.8) is 0 Å². The molecule has 0 unspecified atom stereocenters. The van der Waals surface area contributed by atoms with E-state index in [1.807, 2.05) is 30.9 Å². The largest absolute Gasteiger partial charge is 0.337 e. The van der Waals surface area contributed by atoms with Crippen molar-refractivity contribution in [2.75, 3.05) is 0 Å². The molecule has 3 heteroatoms. The van der Waals surface area contributed by atoms with Crippen molar-refractivity contribution in [3.8, 4) is 0 Å². The zero-order valence-corrected chi connectivity index (χ0v) is 8.00. The maximum atomic E-state index is 4.27. The van der Waals surface area contributed by atoms with Crippen molar-refractivity contribution in [3.05, 3.63) is 48.8 Å². The first-order valence-corrected chi connectivity index (χ1v) is 4.81. The van der Waals surface area contributed by atoms with Crippen molar-refractivity contribution >= 4 is 0 Å². The van der Waals surface area contributed by atoms with Crippen molar-refractivity contribution in [1.29, 1.82) is 0 Å². The Morgan fingerprint density at radius 2 is 2.21 bits per heavy atom. The van der Waals surface area contributed by atoms with Crippen LogP contribution in [0.4, 0.5) is 0 Å². The number of imidazole rings is 1. The normalized spacial score (nSPS) is 10.3. The molecule has 2 aromatic heterocycles. The van der Waals surface area contributed by atoms with Gasteiger partial charge in [0.05, 0.1) is 6.33 Å². The number of aryl methyl sites for hydroxylation is 2.